The lowest BCUT2D eigenvalue weighted by Gasteiger charge is -2.14. The zero-order valence-corrected chi connectivity index (χ0v) is 17.8. The monoisotopic (exact) mass is 419 g/mol. The number of nitrogens with zero attached hydrogens (tertiary/aromatic N) is 3. The van der Waals surface area contributed by atoms with Gasteiger partial charge in [-0.15, -0.1) is 0 Å². The minimum Gasteiger partial charge on any atom is -0.507 e. The molecule has 5 nitrogen and oxygen atoms in total. The first-order valence-corrected chi connectivity index (χ1v) is 10.4. The van der Waals surface area contributed by atoms with Crippen LogP contribution in [0.15, 0.2) is 84.9 Å². The van der Waals surface area contributed by atoms with E-state index in [0.717, 1.165) is 16.8 Å². The molecule has 0 fully saturated rings. The van der Waals surface area contributed by atoms with Crippen LogP contribution in [-0.4, -0.2) is 25.5 Å². The molecule has 5 aromatic rings. The molecule has 0 aliphatic rings. The number of carbonyl (C=O) groups is 1. The summed E-state index contributed by atoms with van der Waals surface area (Å²) < 4.78 is 1.73. The van der Waals surface area contributed by atoms with Gasteiger partial charge in [0.2, 0.25) is 5.78 Å². The summed E-state index contributed by atoms with van der Waals surface area (Å²) in [5.74, 6) is -0.349. The Bertz CT molecular complexity index is 1450. The van der Waals surface area contributed by atoms with Gasteiger partial charge in [-0.2, -0.15) is 5.10 Å². The number of fused-ring (bicyclic) bond motifs is 1. The third-order valence-electron chi connectivity index (χ3n) is 5.55. The number of aryl methyl sites for hydroxylation is 2. The quantitative estimate of drug-likeness (QED) is 0.384. The molecule has 0 saturated heterocycles. The summed E-state index contributed by atoms with van der Waals surface area (Å²) in [6, 6.07) is 26.3. The van der Waals surface area contributed by atoms with Crippen LogP contribution >= 0.6 is 0 Å². The molecule has 5 heteroatoms. The Morgan fingerprint density at radius 2 is 1.53 bits per heavy atom. The Hall–Kier alpha value is -4.25. The van der Waals surface area contributed by atoms with Crippen molar-refractivity contribution in [3.8, 4) is 28.3 Å². The number of rotatable bonds is 4. The van der Waals surface area contributed by atoms with Crippen molar-refractivity contribution >= 4 is 11.4 Å². The van der Waals surface area contributed by atoms with E-state index in [9.17, 15) is 9.90 Å². The second kappa shape index (κ2) is 7.78. The van der Waals surface area contributed by atoms with Gasteiger partial charge in [0.1, 0.15) is 5.75 Å². The molecule has 0 aliphatic carbocycles. The van der Waals surface area contributed by atoms with Gasteiger partial charge in [0, 0.05) is 17.2 Å². The fraction of sp³-hybridized carbons (Fsp3) is 0.0741. The largest absolute Gasteiger partial charge is 0.507 e. The maximum atomic E-state index is 13.6. The summed E-state index contributed by atoms with van der Waals surface area (Å²) in [7, 11) is 0. The number of aromatic nitrogens is 3. The van der Waals surface area contributed by atoms with E-state index in [1.54, 1.807) is 22.7 Å². The van der Waals surface area contributed by atoms with Gasteiger partial charge in [-0.1, -0.05) is 72.3 Å². The average Bonchev–Trinajstić information content (AvgIpc) is 3.22. The van der Waals surface area contributed by atoms with Crippen LogP contribution in [0.2, 0.25) is 0 Å². The van der Waals surface area contributed by atoms with E-state index in [0.29, 0.717) is 22.6 Å². The van der Waals surface area contributed by atoms with Crippen molar-refractivity contribution < 1.29 is 9.90 Å². The van der Waals surface area contributed by atoms with Gasteiger partial charge in [0.05, 0.1) is 28.2 Å². The highest BCUT2D eigenvalue weighted by atomic mass is 16.3. The molecular formula is C27H21N3O2. The molecule has 0 spiro atoms. The summed E-state index contributed by atoms with van der Waals surface area (Å²) in [6.07, 6.45) is 0. The van der Waals surface area contributed by atoms with Crippen molar-refractivity contribution in [2.24, 2.45) is 0 Å². The molecular weight excluding hydrogens is 398 g/mol. The van der Waals surface area contributed by atoms with Crippen LogP contribution in [0.25, 0.3) is 28.2 Å². The van der Waals surface area contributed by atoms with Crippen LogP contribution in [0.1, 0.15) is 27.2 Å². The van der Waals surface area contributed by atoms with Gasteiger partial charge in [-0.05, 0) is 26.0 Å². The number of hydrogen-bond donors (Lipinski definition) is 1. The van der Waals surface area contributed by atoms with Gasteiger partial charge in [-0.3, -0.25) is 4.79 Å². The normalized spacial score (nSPS) is 11.1. The zero-order chi connectivity index (χ0) is 22.2. The highest BCUT2D eigenvalue weighted by molar-refractivity contribution is 6.14. The first-order valence-electron chi connectivity index (χ1n) is 10.4. The molecule has 0 aliphatic heterocycles. The lowest BCUT2D eigenvalue weighted by Crippen LogP contribution is -2.12. The summed E-state index contributed by atoms with van der Waals surface area (Å²) in [5.41, 5.74) is 6.33. The molecule has 0 atom stereocenters. The predicted molar refractivity (Wildman–Crippen MR) is 125 cm³/mol. The number of phenolic OH excluding ortho intramolecular Hbond substituents is 1. The third-order valence-corrected chi connectivity index (χ3v) is 5.55. The Morgan fingerprint density at radius 3 is 2.25 bits per heavy atom. The number of aromatic hydroxyl groups is 1. The van der Waals surface area contributed by atoms with Gasteiger partial charge in [0.25, 0.3) is 0 Å². The standard InChI is InChI=1S/C27H21N3O2/c1-17-12-14-19(15-13-17)22-16-24-28-18(2)25(27(32)21-10-6-7-11-23(21)31)26(30(24)29-22)20-8-4-3-5-9-20/h3-16,31H,1-2H3. The molecule has 0 amide bonds. The van der Waals surface area contributed by atoms with Crippen LogP contribution in [0.3, 0.4) is 0 Å². The maximum Gasteiger partial charge on any atom is 0.200 e. The predicted octanol–water partition coefficient (Wildman–Crippen LogP) is 5.62. The van der Waals surface area contributed by atoms with Crippen molar-refractivity contribution in [2.75, 3.05) is 0 Å². The van der Waals surface area contributed by atoms with Crippen LogP contribution in [0.5, 0.6) is 5.75 Å². The lowest BCUT2D eigenvalue weighted by atomic mass is 9.96. The van der Waals surface area contributed by atoms with Crippen molar-refractivity contribution in [2.45, 2.75) is 13.8 Å². The van der Waals surface area contributed by atoms with Gasteiger partial charge in [-0.25, -0.2) is 9.50 Å². The Kier molecular flexibility index (Phi) is 4.79. The van der Waals surface area contributed by atoms with E-state index in [-0.39, 0.29) is 17.1 Å². The van der Waals surface area contributed by atoms with Crippen LogP contribution < -0.4 is 0 Å². The molecule has 0 unspecified atom stereocenters. The van der Waals surface area contributed by atoms with Crippen LogP contribution in [0, 0.1) is 13.8 Å². The minimum atomic E-state index is -0.291. The van der Waals surface area contributed by atoms with Crippen LogP contribution in [0.4, 0.5) is 0 Å². The number of benzene rings is 3. The molecule has 156 valence electrons. The molecule has 0 saturated carbocycles. The summed E-state index contributed by atoms with van der Waals surface area (Å²) in [5, 5.41) is 15.1. The zero-order valence-electron chi connectivity index (χ0n) is 17.8. The van der Waals surface area contributed by atoms with E-state index in [1.807, 2.05) is 74.5 Å². The Labute approximate surface area is 185 Å². The van der Waals surface area contributed by atoms with Crippen molar-refractivity contribution in [3.63, 3.8) is 0 Å². The molecule has 0 radical (unpaired) electrons. The second-order valence-electron chi connectivity index (χ2n) is 7.80. The number of phenols is 1. The summed E-state index contributed by atoms with van der Waals surface area (Å²) in [4.78, 5) is 18.3. The molecule has 1 N–H and O–H groups in total. The van der Waals surface area contributed by atoms with Gasteiger partial charge in [0.15, 0.2) is 5.65 Å². The number of hydrogen-bond acceptors (Lipinski definition) is 4. The van der Waals surface area contributed by atoms with E-state index >= 15 is 0 Å². The molecule has 2 aromatic heterocycles. The first kappa shape index (κ1) is 19.7. The highest BCUT2D eigenvalue weighted by Gasteiger charge is 2.24. The smallest absolute Gasteiger partial charge is 0.200 e. The lowest BCUT2D eigenvalue weighted by molar-refractivity contribution is 0.103. The van der Waals surface area contributed by atoms with Crippen molar-refractivity contribution in [1.29, 1.82) is 0 Å². The van der Waals surface area contributed by atoms with E-state index in [2.05, 4.69) is 0 Å². The topological polar surface area (TPSA) is 67.5 Å². The Balaban J connectivity index is 1.80. The van der Waals surface area contributed by atoms with Crippen LogP contribution in [-0.2, 0) is 0 Å². The minimum absolute atomic E-state index is 0.0585. The van der Waals surface area contributed by atoms with Crippen molar-refractivity contribution in [1.82, 2.24) is 14.6 Å². The van der Waals surface area contributed by atoms with Gasteiger partial charge >= 0.3 is 0 Å². The SMILES string of the molecule is Cc1ccc(-c2cc3nc(C)c(C(=O)c4ccccc4O)c(-c4ccccc4)n3n2)cc1. The van der Waals surface area contributed by atoms with E-state index in [1.165, 1.54) is 11.6 Å². The molecule has 32 heavy (non-hydrogen) atoms. The second-order valence-corrected chi connectivity index (χ2v) is 7.80. The Morgan fingerprint density at radius 1 is 0.844 bits per heavy atom. The third kappa shape index (κ3) is 3.34. The van der Waals surface area contributed by atoms with E-state index in [4.69, 9.17) is 10.1 Å². The first-order chi connectivity index (χ1) is 15.5. The maximum absolute atomic E-state index is 13.6. The average molecular weight is 419 g/mol. The molecule has 0 bridgehead atoms. The van der Waals surface area contributed by atoms with Gasteiger partial charge < -0.3 is 5.11 Å². The molecule has 3 aromatic carbocycles. The number of para-hydroxylation sites is 1. The summed E-state index contributed by atoms with van der Waals surface area (Å²) in [6.45, 7) is 3.86. The fourth-order valence-electron chi connectivity index (χ4n) is 3.92. The number of ketones is 1. The van der Waals surface area contributed by atoms with Crippen molar-refractivity contribution in [3.05, 3.63) is 107 Å². The fourth-order valence-corrected chi connectivity index (χ4v) is 3.92. The summed E-state index contributed by atoms with van der Waals surface area (Å²) >= 11 is 0. The molecule has 2 heterocycles. The van der Waals surface area contributed by atoms with E-state index < -0.39 is 0 Å². The molecule has 5 rings (SSSR count). The highest BCUT2D eigenvalue weighted by Crippen LogP contribution is 2.32. The number of carbonyl (C=O) groups excluding carboxylic acids is 1.